The third-order valence-electron chi connectivity index (χ3n) is 6.51. The zero-order valence-corrected chi connectivity index (χ0v) is 21.6. The molecule has 192 valence electrons. The molecule has 1 aliphatic rings. The number of nitrogens with one attached hydrogen (secondary N) is 1. The number of aromatic nitrogens is 3. The Balaban J connectivity index is 1.52. The number of anilines is 1. The van der Waals surface area contributed by atoms with Crippen molar-refractivity contribution in [2.24, 2.45) is 0 Å². The van der Waals surface area contributed by atoms with Crippen molar-refractivity contribution in [3.8, 4) is 5.75 Å². The van der Waals surface area contributed by atoms with Crippen molar-refractivity contribution in [3.05, 3.63) is 70.4 Å². The van der Waals surface area contributed by atoms with Crippen LogP contribution in [-0.4, -0.2) is 53.2 Å². The van der Waals surface area contributed by atoms with E-state index < -0.39 is 6.04 Å². The number of rotatable bonds is 9. The van der Waals surface area contributed by atoms with Crippen molar-refractivity contribution >= 4 is 39.9 Å². The molecule has 1 fully saturated rings. The van der Waals surface area contributed by atoms with Crippen LogP contribution in [0.4, 0.5) is 5.69 Å². The molecule has 3 heterocycles. The Morgan fingerprint density at radius 2 is 2.03 bits per heavy atom. The van der Waals surface area contributed by atoms with E-state index >= 15 is 0 Å². The second-order valence-electron chi connectivity index (χ2n) is 8.95. The first-order valence-corrected chi connectivity index (χ1v) is 13.1. The highest BCUT2D eigenvalue weighted by atomic mass is 32.1. The number of nitrogens with zero attached hydrogens (tertiary/aromatic N) is 4. The summed E-state index contributed by atoms with van der Waals surface area (Å²) in [5.74, 6) is 0.115. The Kier molecular flexibility index (Phi) is 7.47. The quantitative estimate of drug-likeness (QED) is 0.360. The molecular weight excluding hydrogens is 490 g/mol. The topological polar surface area (TPSA) is 98.6 Å². The number of para-hydroxylation sites is 1. The van der Waals surface area contributed by atoms with Crippen molar-refractivity contribution in [2.45, 2.75) is 38.5 Å². The summed E-state index contributed by atoms with van der Waals surface area (Å²) in [5, 5.41) is 13.4. The Hall–Kier alpha value is -3.76. The van der Waals surface area contributed by atoms with Crippen molar-refractivity contribution in [1.82, 2.24) is 20.3 Å². The number of methoxy groups -OCH3 is 1. The Bertz CT molecular complexity index is 1380. The summed E-state index contributed by atoms with van der Waals surface area (Å²) < 4.78 is 12.6. The van der Waals surface area contributed by atoms with Gasteiger partial charge in [-0.15, -0.1) is 16.4 Å². The fraction of sp³-hybridized carbons (Fsp3) is 0.333. The molecule has 2 amide bonds. The molecule has 5 rings (SSSR count). The lowest BCUT2D eigenvalue weighted by Crippen LogP contribution is -2.46. The second kappa shape index (κ2) is 11.1. The second-order valence-corrected chi connectivity index (χ2v) is 9.90. The van der Waals surface area contributed by atoms with Gasteiger partial charge in [-0.25, -0.2) is 4.68 Å². The van der Waals surface area contributed by atoms with Gasteiger partial charge in [0, 0.05) is 23.7 Å². The molecule has 0 spiro atoms. The van der Waals surface area contributed by atoms with E-state index in [4.69, 9.17) is 9.47 Å². The first-order chi connectivity index (χ1) is 18.0. The number of benzene rings is 2. The normalized spacial score (nSPS) is 16.0. The summed E-state index contributed by atoms with van der Waals surface area (Å²) in [6.07, 6.45) is 1.88. The molecule has 10 heteroatoms. The molecule has 4 aromatic rings. The molecule has 1 saturated heterocycles. The van der Waals surface area contributed by atoms with Crippen LogP contribution in [0.3, 0.4) is 0 Å². The number of amides is 2. The molecule has 0 aliphatic carbocycles. The Morgan fingerprint density at radius 1 is 1.22 bits per heavy atom. The molecule has 9 nitrogen and oxygen atoms in total. The van der Waals surface area contributed by atoms with Gasteiger partial charge in [0.1, 0.15) is 23.9 Å². The molecule has 2 atom stereocenters. The number of ether oxygens (including phenoxy) is 2. The SMILES string of the molecule is COc1ccc(N(C(=O)Cn2nnc3ccccc32)C(C(=O)NCC2CCCO2)c2sccc2C)cc1. The fourth-order valence-electron chi connectivity index (χ4n) is 4.55. The number of fused-ring (bicyclic) bond motifs is 1. The van der Waals surface area contributed by atoms with Crippen LogP contribution in [0.25, 0.3) is 11.0 Å². The van der Waals surface area contributed by atoms with E-state index in [2.05, 4.69) is 15.6 Å². The highest BCUT2D eigenvalue weighted by Crippen LogP contribution is 2.34. The minimum atomic E-state index is -0.864. The van der Waals surface area contributed by atoms with E-state index in [9.17, 15) is 9.59 Å². The summed E-state index contributed by atoms with van der Waals surface area (Å²) in [7, 11) is 1.59. The van der Waals surface area contributed by atoms with Gasteiger partial charge in [-0.1, -0.05) is 17.3 Å². The van der Waals surface area contributed by atoms with Gasteiger partial charge in [0.15, 0.2) is 0 Å². The number of aryl methyl sites for hydroxylation is 1. The minimum absolute atomic E-state index is 0.0133. The van der Waals surface area contributed by atoms with Crippen molar-refractivity contribution < 1.29 is 19.1 Å². The third kappa shape index (κ3) is 5.35. The van der Waals surface area contributed by atoms with Crippen LogP contribution in [0.1, 0.15) is 29.3 Å². The van der Waals surface area contributed by atoms with Gasteiger partial charge >= 0.3 is 0 Å². The van der Waals surface area contributed by atoms with Crippen LogP contribution in [-0.2, 0) is 20.9 Å². The largest absolute Gasteiger partial charge is 0.497 e. The van der Waals surface area contributed by atoms with Gasteiger partial charge in [-0.05, 0) is 73.2 Å². The summed E-state index contributed by atoms with van der Waals surface area (Å²) in [4.78, 5) is 30.2. The summed E-state index contributed by atoms with van der Waals surface area (Å²) in [6.45, 7) is 2.98. The van der Waals surface area contributed by atoms with E-state index in [-0.39, 0.29) is 24.5 Å². The van der Waals surface area contributed by atoms with E-state index in [1.54, 1.807) is 41.0 Å². The molecule has 2 aromatic heterocycles. The van der Waals surface area contributed by atoms with Gasteiger partial charge in [-0.2, -0.15) is 0 Å². The van der Waals surface area contributed by atoms with E-state index in [1.165, 1.54) is 11.3 Å². The highest BCUT2D eigenvalue weighted by Gasteiger charge is 2.35. The number of carbonyl (C=O) groups is 2. The fourth-order valence-corrected chi connectivity index (χ4v) is 5.57. The van der Waals surface area contributed by atoms with Gasteiger partial charge in [0.2, 0.25) is 11.8 Å². The van der Waals surface area contributed by atoms with Crippen molar-refractivity contribution in [3.63, 3.8) is 0 Å². The van der Waals surface area contributed by atoms with Gasteiger partial charge < -0.3 is 14.8 Å². The van der Waals surface area contributed by atoms with Gasteiger partial charge in [-0.3, -0.25) is 14.5 Å². The minimum Gasteiger partial charge on any atom is -0.497 e. The molecule has 0 bridgehead atoms. The van der Waals surface area contributed by atoms with E-state index in [1.807, 2.05) is 42.6 Å². The standard InChI is InChI=1S/C27H29N5O4S/c1-18-13-15-37-26(18)25(27(34)28-16-21-6-5-14-36-21)32(19-9-11-20(35-2)12-10-19)24(33)17-31-23-8-4-3-7-22(23)29-30-31/h3-4,7-13,15,21,25H,5-6,14,16-17H2,1-2H3,(H,28,34). The molecule has 1 aliphatic heterocycles. The predicted octanol–water partition coefficient (Wildman–Crippen LogP) is 3.88. The van der Waals surface area contributed by atoms with Crippen molar-refractivity contribution in [2.75, 3.05) is 25.2 Å². The van der Waals surface area contributed by atoms with Crippen LogP contribution in [0, 0.1) is 6.92 Å². The molecule has 0 saturated carbocycles. The monoisotopic (exact) mass is 519 g/mol. The van der Waals surface area contributed by atoms with Crippen LogP contribution >= 0.6 is 11.3 Å². The zero-order chi connectivity index (χ0) is 25.8. The molecule has 0 radical (unpaired) electrons. The van der Waals surface area contributed by atoms with Crippen molar-refractivity contribution in [1.29, 1.82) is 0 Å². The summed E-state index contributed by atoms with van der Waals surface area (Å²) in [5.41, 5.74) is 2.98. The number of thiophene rings is 1. The number of hydrogen-bond donors (Lipinski definition) is 1. The summed E-state index contributed by atoms with van der Waals surface area (Å²) >= 11 is 1.46. The average Bonchev–Trinajstić information content (AvgIpc) is 3.68. The maximum atomic E-state index is 14.0. The Morgan fingerprint density at radius 3 is 2.73 bits per heavy atom. The molecule has 2 aromatic carbocycles. The molecule has 1 N–H and O–H groups in total. The van der Waals surface area contributed by atoms with Crippen LogP contribution in [0.2, 0.25) is 0 Å². The van der Waals surface area contributed by atoms with Crippen LogP contribution in [0.15, 0.2) is 60.0 Å². The lowest BCUT2D eigenvalue weighted by atomic mass is 10.1. The maximum Gasteiger partial charge on any atom is 0.249 e. The number of hydrogen-bond acceptors (Lipinski definition) is 7. The zero-order valence-electron chi connectivity index (χ0n) is 20.8. The first kappa shape index (κ1) is 24.9. The maximum absolute atomic E-state index is 14.0. The van der Waals surface area contributed by atoms with Crippen LogP contribution in [0.5, 0.6) is 5.75 Å². The van der Waals surface area contributed by atoms with E-state index in [0.717, 1.165) is 28.8 Å². The lowest BCUT2D eigenvalue weighted by Gasteiger charge is -2.31. The molecule has 2 unspecified atom stereocenters. The first-order valence-electron chi connectivity index (χ1n) is 12.2. The molecule has 37 heavy (non-hydrogen) atoms. The molecular formula is C27H29N5O4S. The highest BCUT2D eigenvalue weighted by molar-refractivity contribution is 7.10. The van der Waals surface area contributed by atoms with Gasteiger partial charge in [0.25, 0.3) is 0 Å². The lowest BCUT2D eigenvalue weighted by molar-refractivity contribution is -0.127. The van der Waals surface area contributed by atoms with Crippen LogP contribution < -0.4 is 15.0 Å². The van der Waals surface area contributed by atoms with E-state index in [0.29, 0.717) is 30.1 Å². The summed E-state index contributed by atoms with van der Waals surface area (Å²) in [6, 6.07) is 15.7. The van der Waals surface area contributed by atoms with Gasteiger partial charge in [0.05, 0.1) is 18.7 Å². The third-order valence-corrected chi connectivity index (χ3v) is 7.58. The average molecular weight is 520 g/mol. The smallest absolute Gasteiger partial charge is 0.249 e. The Labute approximate surface area is 219 Å². The number of carbonyl (C=O) groups excluding carboxylic acids is 2. The predicted molar refractivity (Wildman–Crippen MR) is 142 cm³/mol.